The van der Waals surface area contributed by atoms with Crippen LogP contribution in [0.1, 0.15) is 36.2 Å². The molecule has 7 nitrogen and oxygen atoms in total. The lowest BCUT2D eigenvalue weighted by Crippen LogP contribution is -2.53. The second-order valence-corrected chi connectivity index (χ2v) is 7.34. The van der Waals surface area contributed by atoms with Crippen LogP contribution in [-0.4, -0.2) is 64.1 Å². The minimum atomic E-state index is -0.244. The van der Waals surface area contributed by atoms with Crippen molar-refractivity contribution in [1.82, 2.24) is 19.7 Å². The minimum absolute atomic E-state index is 0.0152. The Kier molecular flexibility index (Phi) is 4.36. The Bertz CT molecular complexity index is 798. The number of nitrogens with zero attached hydrogens (tertiary/aromatic N) is 3. The molecule has 1 amide bonds. The molecule has 2 aromatic heterocycles. The van der Waals surface area contributed by atoms with Crippen molar-refractivity contribution >= 4 is 5.91 Å². The SMILES string of the molecule is CO[C@@H]1CC[C@@]2(OC)CCN(C(=O)c3cc(-c4cccn4C)n[nH]3)[C@H]2C1. The molecule has 0 unspecified atom stereocenters. The molecular formula is C19H26N4O3. The maximum atomic E-state index is 13.2. The van der Waals surface area contributed by atoms with Gasteiger partial charge in [-0.25, -0.2) is 0 Å². The van der Waals surface area contributed by atoms with E-state index in [0.717, 1.165) is 37.1 Å². The number of aromatic nitrogens is 3. The third-order valence-electron chi connectivity index (χ3n) is 6.15. The van der Waals surface area contributed by atoms with E-state index >= 15 is 0 Å². The molecule has 0 spiro atoms. The molecule has 26 heavy (non-hydrogen) atoms. The lowest BCUT2D eigenvalue weighted by atomic mass is 9.79. The van der Waals surface area contributed by atoms with Crippen molar-refractivity contribution in [2.75, 3.05) is 20.8 Å². The maximum absolute atomic E-state index is 13.2. The van der Waals surface area contributed by atoms with E-state index in [-0.39, 0.29) is 23.7 Å². The molecule has 1 aliphatic heterocycles. The molecule has 1 N–H and O–H groups in total. The molecule has 3 atom stereocenters. The topological polar surface area (TPSA) is 72.4 Å². The summed E-state index contributed by atoms with van der Waals surface area (Å²) in [5.41, 5.74) is 2.03. The molecule has 0 radical (unpaired) electrons. The fourth-order valence-electron chi connectivity index (χ4n) is 4.56. The third-order valence-corrected chi connectivity index (χ3v) is 6.15. The van der Waals surface area contributed by atoms with E-state index in [1.807, 2.05) is 40.9 Å². The monoisotopic (exact) mass is 358 g/mol. The summed E-state index contributed by atoms with van der Waals surface area (Å²) in [4.78, 5) is 15.1. The van der Waals surface area contributed by atoms with Crippen molar-refractivity contribution < 1.29 is 14.3 Å². The second kappa shape index (κ2) is 6.55. The van der Waals surface area contributed by atoms with E-state index in [1.54, 1.807) is 14.2 Å². The Morgan fingerprint density at radius 2 is 2.23 bits per heavy atom. The summed E-state index contributed by atoms with van der Waals surface area (Å²) < 4.78 is 13.5. The molecule has 1 saturated heterocycles. The number of nitrogens with one attached hydrogen (secondary N) is 1. The maximum Gasteiger partial charge on any atom is 0.272 e. The van der Waals surface area contributed by atoms with Crippen LogP contribution in [0.3, 0.4) is 0 Å². The first-order chi connectivity index (χ1) is 12.6. The molecule has 0 aromatic carbocycles. The van der Waals surface area contributed by atoms with Gasteiger partial charge in [0, 0.05) is 34.0 Å². The van der Waals surface area contributed by atoms with E-state index in [1.165, 1.54) is 0 Å². The highest BCUT2D eigenvalue weighted by Gasteiger charge is 2.52. The van der Waals surface area contributed by atoms with Gasteiger partial charge in [-0.3, -0.25) is 9.89 Å². The Morgan fingerprint density at radius 3 is 2.92 bits per heavy atom. The van der Waals surface area contributed by atoms with Crippen LogP contribution in [0.5, 0.6) is 0 Å². The third kappa shape index (κ3) is 2.66. The molecule has 2 aromatic rings. The number of carbonyl (C=O) groups is 1. The van der Waals surface area contributed by atoms with Crippen LogP contribution in [0.25, 0.3) is 11.4 Å². The van der Waals surface area contributed by atoms with Crippen LogP contribution in [-0.2, 0) is 16.5 Å². The number of H-pyrrole nitrogens is 1. The van der Waals surface area contributed by atoms with Crippen LogP contribution in [0, 0.1) is 0 Å². The summed E-state index contributed by atoms with van der Waals surface area (Å²) in [5.74, 6) is -0.0152. The zero-order valence-corrected chi connectivity index (χ0v) is 15.6. The standard InChI is InChI=1S/C19H26N4O3/c1-22-9-4-5-16(22)14-12-15(21-20-14)18(24)23-10-8-19(26-3)7-6-13(25-2)11-17(19)23/h4-5,9,12-13,17H,6-8,10-11H2,1-3H3,(H,20,21)/t13-,17+,19-/m1/s1. The first-order valence-corrected chi connectivity index (χ1v) is 9.14. The number of fused-ring (bicyclic) bond motifs is 1. The number of likely N-dealkylation sites (tertiary alicyclic amines) is 1. The number of carbonyl (C=O) groups excluding carboxylic acids is 1. The summed E-state index contributed by atoms with van der Waals surface area (Å²) in [5, 5.41) is 7.26. The number of hydrogen-bond donors (Lipinski definition) is 1. The summed E-state index contributed by atoms with van der Waals surface area (Å²) in [6.45, 7) is 0.701. The zero-order valence-electron chi connectivity index (χ0n) is 15.6. The van der Waals surface area contributed by atoms with Crippen molar-refractivity contribution in [3.63, 3.8) is 0 Å². The molecule has 3 heterocycles. The van der Waals surface area contributed by atoms with Gasteiger partial charge in [0.05, 0.1) is 23.4 Å². The van der Waals surface area contributed by atoms with Gasteiger partial charge in [0.15, 0.2) is 0 Å². The molecule has 4 rings (SSSR count). The second-order valence-electron chi connectivity index (χ2n) is 7.34. The molecule has 1 aliphatic carbocycles. The van der Waals surface area contributed by atoms with Crippen molar-refractivity contribution in [3.05, 3.63) is 30.1 Å². The first kappa shape index (κ1) is 17.3. The van der Waals surface area contributed by atoms with E-state index < -0.39 is 0 Å². The van der Waals surface area contributed by atoms with Crippen molar-refractivity contribution in [1.29, 1.82) is 0 Å². The van der Waals surface area contributed by atoms with Gasteiger partial charge in [-0.1, -0.05) is 0 Å². The normalized spacial score (nSPS) is 28.3. The molecule has 2 aliphatic rings. The quantitative estimate of drug-likeness (QED) is 0.910. The Hall–Kier alpha value is -2.12. The van der Waals surface area contributed by atoms with Crippen molar-refractivity contribution in [2.45, 2.75) is 43.4 Å². The first-order valence-electron chi connectivity index (χ1n) is 9.14. The molecule has 1 saturated carbocycles. The van der Waals surface area contributed by atoms with Gasteiger partial charge in [-0.05, 0) is 43.9 Å². The minimum Gasteiger partial charge on any atom is -0.381 e. The van der Waals surface area contributed by atoms with Gasteiger partial charge in [-0.2, -0.15) is 5.10 Å². The van der Waals surface area contributed by atoms with Crippen LogP contribution in [0.2, 0.25) is 0 Å². The van der Waals surface area contributed by atoms with Gasteiger partial charge in [-0.15, -0.1) is 0 Å². The molecular weight excluding hydrogens is 332 g/mol. The number of aryl methyl sites for hydroxylation is 1. The van der Waals surface area contributed by atoms with Crippen LogP contribution >= 0.6 is 0 Å². The fourth-order valence-corrected chi connectivity index (χ4v) is 4.56. The van der Waals surface area contributed by atoms with Crippen molar-refractivity contribution in [2.24, 2.45) is 7.05 Å². The van der Waals surface area contributed by atoms with E-state index in [9.17, 15) is 4.79 Å². The number of amides is 1. The van der Waals surface area contributed by atoms with Gasteiger partial charge >= 0.3 is 0 Å². The molecule has 7 heteroatoms. The van der Waals surface area contributed by atoms with Crippen LogP contribution in [0.15, 0.2) is 24.4 Å². The number of rotatable bonds is 4. The average molecular weight is 358 g/mol. The molecule has 2 fully saturated rings. The summed E-state index contributed by atoms with van der Waals surface area (Å²) in [6, 6.07) is 5.83. The van der Waals surface area contributed by atoms with Gasteiger partial charge in [0.2, 0.25) is 0 Å². The van der Waals surface area contributed by atoms with Gasteiger partial charge in [0.25, 0.3) is 5.91 Å². The average Bonchev–Trinajstić information content (AvgIpc) is 3.38. The zero-order chi connectivity index (χ0) is 18.3. The van der Waals surface area contributed by atoms with Gasteiger partial charge in [0.1, 0.15) is 11.4 Å². The highest BCUT2D eigenvalue weighted by atomic mass is 16.5. The Morgan fingerprint density at radius 1 is 1.38 bits per heavy atom. The summed E-state index contributed by atoms with van der Waals surface area (Å²) >= 11 is 0. The number of ether oxygens (including phenoxy) is 2. The lowest BCUT2D eigenvalue weighted by Gasteiger charge is -2.43. The predicted molar refractivity (Wildman–Crippen MR) is 96.8 cm³/mol. The number of hydrogen-bond acceptors (Lipinski definition) is 4. The van der Waals surface area contributed by atoms with E-state index in [0.29, 0.717) is 12.2 Å². The summed E-state index contributed by atoms with van der Waals surface area (Å²) in [6.07, 6.45) is 5.73. The Balaban J connectivity index is 1.58. The lowest BCUT2D eigenvalue weighted by molar-refractivity contribution is -0.0894. The largest absolute Gasteiger partial charge is 0.381 e. The van der Waals surface area contributed by atoms with Crippen LogP contribution < -0.4 is 0 Å². The highest BCUT2D eigenvalue weighted by molar-refractivity contribution is 5.94. The summed E-state index contributed by atoms with van der Waals surface area (Å²) in [7, 11) is 5.47. The Labute approximate surface area is 153 Å². The predicted octanol–water partition coefficient (Wildman–Crippen LogP) is 2.21. The van der Waals surface area contributed by atoms with E-state index in [2.05, 4.69) is 10.2 Å². The van der Waals surface area contributed by atoms with Gasteiger partial charge < -0.3 is 18.9 Å². The fraction of sp³-hybridized carbons (Fsp3) is 0.579. The smallest absolute Gasteiger partial charge is 0.272 e. The molecule has 140 valence electrons. The molecule has 0 bridgehead atoms. The number of methoxy groups -OCH3 is 2. The van der Waals surface area contributed by atoms with Crippen molar-refractivity contribution in [3.8, 4) is 11.4 Å². The van der Waals surface area contributed by atoms with E-state index in [4.69, 9.17) is 9.47 Å². The van der Waals surface area contributed by atoms with Crippen LogP contribution in [0.4, 0.5) is 0 Å². The number of aromatic amines is 1. The highest BCUT2D eigenvalue weighted by Crippen LogP contribution is 2.43.